The van der Waals surface area contributed by atoms with Crippen LogP contribution in [0.4, 0.5) is 5.82 Å². The van der Waals surface area contributed by atoms with Crippen molar-refractivity contribution in [3.8, 4) is 5.75 Å². The molecule has 1 fully saturated rings. The van der Waals surface area contributed by atoms with E-state index in [1.54, 1.807) is 66.7 Å². The lowest BCUT2D eigenvalue weighted by molar-refractivity contribution is -0.132. The Labute approximate surface area is 190 Å². The van der Waals surface area contributed by atoms with E-state index in [2.05, 4.69) is 4.98 Å². The number of hydrogen-bond acceptors (Lipinski definition) is 5. The first-order chi connectivity index (χ1) is 15.4. The van der Waals surface area contributed by atoms with Crippen LogP contribution in [0, 0.1) is 0 Å². The van der Waals surface area contributed by atoms with Crippen molar-refractivity contribution in [1.82, 2.24) is 4.98 Å². The van der Waals surface area contributed by atoms with Gasteiger partial charge >= 0.3 is 5.91 Å². The number of Topliss-reactive ketones (excluding diaryl/α,β-unsaturated/α-hetero) is 1. The van der Waals surface area contributed by atoms with Crippen LogP contribution in [0.2, 0.25) is 5.02 Å². The lowest BCUT2D eigenvalue weighted by Crippen LogP contribution is -2.30. The van der Waals surface area contributed by atoms with Crippen LogP contribution < -0.4 is 9.64 Å². The molecular weight excluding hydrogens is 428 g/mol. The molecule has 0 bridgehead atoms. The average Bonchev–Trinajstić information content (AvgIpc) is 3.05. The molecule has 0 spiro atoms. The normalized spacial score (nSPS) is 17.8. The maximum atomic E-state index is 13.1. The fourth-order valence-electron chi connectivity index (χ4n) is 3.68. The van der Waals surface area contributed by atoms with E-state index in [0.717, 1.165) is 0 Å². The van der Waals surface area contributed by atoms with Gasteiger partial charge in [-0.2, -0.15) is 0 Å². The van der Waals surface area contributed by atoms with E-state index < -0.39 is 17.7 Å². The quantitative estimate of drug-likeness (QED) is 0.332. The predicted octanol–water partition coefficient (Wildman–Crippen LogP) is 5.15. The molecule has 0 radical (unpaired) electrons. The summed E-state index contributed by atoms with van der Waals surface area (Å²) in [5.41, 5.74) is 0.955. The summed E-state index contributed by atoms with van der Waals surface area (Å²) in [6, 6.07) is 17.8. The van der Waals surface area contributed by atoms with Crippen LogP contribution in [0.15, 0.2) is 78.5 Å². The molecule has 1 aliphatic rings. The topological polar surface area (TPSA) is 79.7 Å². The van der Waals surface area contributed by atoms with E-state index >= 15 is 0 Å². The number of aliphatic hydroxyl groups is 1. The number of carbonyl (C=O) groups is 2. The molecule has 1 aliphatic heterocycles. The molecule has 32 heavy (non-hydrogen) atoms. The van der Waals surface area contributed by atoms with Crippen LogP contribution in [0.5, 0.6) is 5.75 Å². The molecule has 4 rings (SSSR count). The Balaban J connectivity index is 1.86. The molecule has 0 unspecified atom stereocenters. The Bertz CT molecular complexity index is 1190. The second kappa shape index (κ2) is 8.85. The van der Waals surface area contributed by atoms with Gasteiger partial charge in [0.15, 0.2) is 0 Å². The van der Waals surface area contributed by atoms with Crippen LogP contribution in [0.25, 0.3) is 5.76 Å². The number of carbonyl (C=O) groups excluding carboxylic acids is 2. The van der Waals surface area contributed by atoms with Crippen molar-refractivity contribution in [3.63, 3.8) is 0 Å². The zero-order valence-electron chi connectivity index (χ0n) is 17.5. The first-order valence-corrected chi connectivity index (χ1v) is 10.5. The van der Waals surface area contributed by atoms with Crippen molar-refractivity contribution in [3.05, 3.63) is 94.6 Å². The molecule has 7 heteroatoms. The SMILES string of the molecule is CC(C)Oc1ccc(/C(O)=C2\C(=O)C(=O)N(c3ccccn3)[C@@H]2c2cccc(Cl)c2)cc1. The summed E-state index contributed by atoms with van der Waals surface area (Å²) >= 11 is 6.20. The zero-order valence-corrected chi connectivity index (χ0v) is 18.3. The third kappa shape index (κ3) is 4.09. The Hall–Kier alpha value is -3.64. The van der Waals surface area contributed by atoms with Crippen LogP contribution in [0.3, 0.4) is 0 Å². The molecule has 2 heterocycles. The average molecular weight is 449 g/mol. The van der Waals surface area contributed by atoms with Crippen molar-refractivity contribution >= 4 is 34.9 Å². The van der Waals surface area contributed by atoms with Crippen molar-refractivity contribution in [2.24, 2.45) is 0 Å². The standard InChI is InChI=1S/C25H21ClN2O4/c1-15(2)32-19-11-9-16(10-12-19)23(29)21-22(17-6-5-7-18(26)14-17)28(25(31)24(21)30)20-8-3-4-13-27-20/h3-15,22,29H,1-2H3/b23-21+/t22-/m1/s1. The Morgan fingerprint density at radius 3 is 2.44 bits per heavy atom. The van der Waals surface area contributed by atoms with Gasteiger partial charge in [0.2, 0.25) is 0 Å². The third-order valence-corrected chi connectivity index (χ3v) is 5.24. The summed E-state index contributed by atoms with van der Waals surface area (Å²) in [5.74, 6) is -0.894. The molecule has 1 aromatic heterocycles. The number of anilines is 1. The highest BCUT2D eigenvalue weighted by molar-refractivity contribution is 6.51. The molecule has 6 nitrogen and oxygen atoms in total. The highest BCUT2D eigenvalue weighted by atomic mass is 35.5. The lowest BCUT2D eigenvalue weighted by atomic mass is 9.95. The van der Waals surface area contributed by atoms with Gasteiger partial charge in [0.05, 0.1) is 17.7 Å². The van der Waals surface area contributed by atoms with Gasteiger partial charge in [0, 0.05) is 16.8 Å². The number of nitrogens with zero attached hydrogens (tertiary/aromatic N) is 2. The van der Waals surface area contributed by atoms with E-state index in [0.29, 0.717) is 27.7 Å². The summed E-state index contributed by atoms with van der Waals surface area (Å²) in [6.07, 6.45) is 1.54. The molecule has 1 N–H and O–H groups in total. The number of amides is 1. The van der Waals surface area contributed by atoms with Gasteiger partial charge in [0.25, 0.3) is 5.78 Å². The monoisotopic (exact) mass is 448 g/mol. The number of ether oxygens (including phenoxy) is 1. The molecule has 1 saturated heterocycles. The molecule has 162 valence electrons. The van der Waals surface area contributed by atoms with E-state index in [1.807, 2.05) is 13.8 Å². The number of halogens is 1. The summed E-state index contributed by atoms with van der Waals surface area (Å²) in [6.45, 7) is 3.83. The third-order valence-electron chi connectivity index (χ3n) is 5.00. The minimum absolute atomic E-state index is 0.000901. The zero-order chi connectivity index (χ0) is 22.8. The lowest BCUT2D eigenvalue weighted by Gasteiger charge is -2.24. The van der Waals surface area contributed by atoms with Gasteiger partial charge < -0.3 is 9.84 Å². The van der Waals surface area contributed by atoms with E-state index in [9.17, 15) is 14.7 Å². The number of hydrogen-bond donors (Lipinski definition) is 1. The summed E-state index contributed by atoms with van der Waals surface area (Å²) in [7, 11) is 0. The Morgan fingerprint density at radius 2 is 1.81 bits per heavy atom. The largest absolute Gasteiger partial charge is 0.507 e. The fourth-order valence-corrected chi connectivity index (χ4v) is 3.87. The van der Waals surface area contributed by atoms with Gasteiger partial charge in [-0.05, 0) is 67.9 Å². The highest BCUT2D eigenvalue weighted by Gasteiger charge is 2.47. The van der Waals surface area contributed by atoms with Crippen LogP contribution >= 0.6 is 11.6 Å². The van der Waals surface area contributed by atoms with Crippen molar-refractivity contribution in [2.75, 3.05) is 4.90 Å². The number of ketones is 1. The maximum absolute atomic E-state index is 13.1. The molecule has 1 amide bonds. The van der Waals surface area contributed by atoms with Gasteiger partial charge in [-0.1, -0.05) is 29.8 Å². The van der Waals surface area contributed by atoms with Crippen molar-refractivity contribution < 1.29 is 19.4 Å². The van der Waals surface area contributed by atoms with E-state index in [4.69, 9.17) is 16.3 Å². The Kier molecular flexibility index (Phi) is 5.97. The smallest absolute Gasteiger partial charge is 0.301 e. The van der Waals surface area contributed by atoms with Gasteiger partial charge in [-0.3, -0.25) is 14.5 Å². The Morgan fingerprint density at radius 1 is 1.06 bits per heavy atom. The second-order valence-electron chi connectivity index (χ2n) is 7.60. The van der Waals surface area contributed by atoms with E-state index in [-0.39, 0.29) is 17.4 Å². The molecular formula is C25H21ClN2O4. The summed E-state index contributed by atoms with van der Waals surface area (Å²) in [5, 5.41) is 11.6. The number of aromatic nitrogens is 1. The first-order valence-electron chi connectivity index (χ1n) is 10.1. The van der Waals surface area contributed by atoms with E-state index in [1.165, 1.54) is 11.1 Å². The molecule has 3 aromatic rings. The summed E-state index contributed by atoms with van der Waals surface area (Å²) < 4.78 is 5.64. The maximum Gasteiger partial charge on any atom is 0.301 e. The predicted molar refractivity (Wildman–Crippen MR) is 123 cm³/mol. The van der Waals surface area contributed by atoms with Crippen molar-refractivity contribution in [2.45, 2.75) is 26.0 Å². The van der Waals surface area contributed by atoms with Gasteiger partial charge in [-0.25, -0.2) is 4.98 Å². The second-order valence-corrected chi connectivity index (χ2v) is 8.04. The fraction of sp³-hybridized carbons (Fsp3) is 0.160. The van der Waals surface area contributed by atoms with Crippen LogP contribution in [-0.4, -0.2) is 27.9 Å². The molecule has 2 aromatic carbocycles. The molecule has 0 aliphatic carbocycles. The first kappa shape index (κ1) is 21.6. The van der Waals surface area contributed by atoms with Crippen molar-refractivity contribution in [1.29, 1.82) is 0 Å². The molecule has 1 atom stereocenters. The number of benzene rings is 2. The van der Waals surface area contributed by atoms with Gasteiger partial charge in [0.1, 0.15) is 17.3 Å². The number of pyridine rings is 1. The summed E-state index contributed by atoms with van der Waals surface area (Å²) in [4.78, 5) is 31.7. The van der Waals surface area contributed by atoms with Crippen LogP contribution in [-0.2, 0) is 9.59 Å². The van der Waals surface area contributed by atoms with Gasteiger partial charge in [-0.15, -0.1) is 0 Å². The van der Waals surface area contributed by atoms with Crippen LogP contribution in [0.1, 0.15) is 31.0 Å². The minimum atomic E-state index is -0.879. The molecule has 0 saturated carbocycles. The number of aliphatic hydroxyl groups excluding tert-OH is 1. The highest BCUT2D eigenvalue weighted by Crippen LogP contribution is 2.42. The number of rotatable bonds is 5. The minimum Gasteiger partial charge on any atom is -0.507 e.